The lowest BCUT2D eigenvalue weighted by Gasteiger charge is -2.31. The van der Waals surface area contributed by atoms with Crippen LogP contribution in [-0.2, 0) is 6.42 Å². The zero-order valence-electron chi connectivity index (χ0n) is 10.6. The molecule has 1 fully saturated rings. The minimum Gasteiger partial charge on any atom is -0.399 e. The van der Waals surface area contributed by atoms with Gasteiger partial charge in [0, 0.05) is 38.2 Å². The lowest BCUT2D eigenvalue weighted by Crippen LogP contribution is -2.40. The Bertz CT molecular complexity index is 379. The summed E-state index contributed by atoms with van der Waals surface area (Å²) in [6.07, 6.45) is 0.798. The molecule has 2 N–H and O–H groups in total. The van der Waals surface area contributed by atoms with E-state index in [4.69, 9.17) is 5.73 Å². The first-order valence-corrected chi connectivity index (χ1v) is 6.00. The van der Waals surface area contributed by atoms with Gasteiger partial charge in [0.1, 0.15) is 0 Å². The zero-order chi connectivity index (χ0) is 12.3. The van der Waals surface area contributed by atoms with Crippen molar-refractivity contribution in [2.75, 3.05) is 25.4 Å². The van der Waals surface area contributed by atoms with Crippen LogP contribution >= 0.6 is 24.8 Å². The van der Waals surface area contributed by atoms with E-state index in [9.17, 15) is 8.78 Å². The Kier molecular flexibility index (Phi) is 7.64. The van der Waals surface area contributed by atoms with Gasteiger partial charge >= 0.3 is 0 Å². The van der Waals surface area contributed by atoms with Gasteiger partial charge in [0.15, 0.2) is 0 Å². The maximum atomic E-state index is 13.0. The number of nitrogens with two attached hydrogens (primary N) is 1. The first-order chi connectivity index (χ1) is 8.07. The highest BCUT2D eigenvalue weighted by atomic mass is 35.5. The van der Waals surface area contributed by atoms with Crippen molar-refractivity contribution in [2.24, 2.45) is 0 Å². The van der Waals surface area contributed by atoms with Crippen molar-refractivity contribution in [1.82, 2.24) is 4.90 Å². The molecule has 19 heavy (non-hydrogen) atoms. The number of rotatable bonds is 3. The topological polar surface area (TPSA) is 29.3 Å². The lowest BCUT2D eigenvalue weighted by molar-refractivity contribution is -0.0548. The number of likely N-dealkylation sites (tertiary alicyclic amines) is 1. The molecule has 0 radical (unpaired) electrons. The van der Waals surface area contributed by atoms with E-state index in [1.165, 1.54) is 0 Å². The molecule has 0 aliphatic carbocycles. The second-order valence-electron chi connectivity index (χ2n) is 4.65. The average Bonchev–Trinajstić information content (AvgIpc) is 2.30. The Morgan fingerprint density at radius 2 is 1.68 bits per heavy atom. The molecule has 0 bridgehead atoms. The molecule has 110 valence electrons. The fraction of sp³-hybridized carbons (Fsp3) is 0.538. The number of para-hydroxylation sites is 1. The maximum absolute atomic E-state index is 13.0. The minimum absolute atomic E-state index is 0. The number of hydrogen-bond acceptors (Lipinski definition) is 2. The third-order valence-electron chi connectivity index (χ3n) is 3.34. The van der Waals surface area contributed by atoms with Crippen molar-refractivity contribution in [2.45, 2.75) is 25.2 Å². The molecule has 1 aliphatic rings. The van der Waals surface area contributed by atoms with Crippen LogP contribution in [0.15, 0.2) is 24.3 Å². The highest BCUT2D eigenvalue weighted by molar-refractivity contribution is 5.85. The van der Waals surface area contributed by atoms with Crippen molar-refractivity contribution in [1.29, 1.82) is 0 Å². The fourth-order valence-corrected chi connectivity index (χ4v) is 2.14. The van der Waals surface area contributed by atoms with Gasteiger partial charge in [-0.2, -0.15) is 0 Å². The van der Waals surface area contributed by atoms with E-state index >= 15 is 0 Å². The molecular weight excluding hydrogens is 293 g/mol. The first kappa shape index (κ1) is 18.4. The van der Waals surface area contributed by atoms with Crippen molar-refractivity contribution in [3.8, 4) is 0 Å². The number of halogens is 4. The van der Waals surface area contributed by atoms with Crippen molar-refractivity contribution in [3.63, 3.8) is 0 Å². The highest BCUT2D eigenvalue weighted by Crippen LogP contribution is 2.27. The fourth-order valence-electron chi connectivity index (χ4n) is 2.14. The molecule has 2 nitrogen and oxygen atoms in total. The summed E-state index contributed by atoms with van der Waals surface area (Å²) in [6.45, 7) is 1.78. The predicted molar refractivity (Wildman–Crippen MR) is 79.7 cm³/mol. The molecule has 2 rings (SSSR count). The van der Waals surface area contributed by atoms with Crippen molar-refractivity contribution >= 4 is 30.5 Å². The highest BCUT2D eigenvalue weighted by Gasteiger charge is 2.33. The van der Waals surface area contributed by atoms with Crippen LogP contribution in [0.3, 0.4) is 0 Å². The number of piperidine rings is 1. The van der Waals surface area contributed by atoms with E-state index < -0.39 is 5.92 Å². The van der Waals surface area contributed by atoms with Crippen LogP contribution in [0, 0.1) is 0 Å². The van der Waals surface area contributed by atoms with Crippen LogP contribution in [-0.4, -0.2) is 30.5 Å². The Morgan fingerprint density at radius 1 is 1.11 bits per heavy atom. The molecule has 0 saturated carbocycles. The Hall–Kier alpha value is -0.580. The summed E-state index contributed by atoms with van der Waals surface area (Å²) < 4.78 is 25.9. The monoisotopic (exact) mass is 312 g/mol. The van der Waals surface area contributed by atoms with Gasteiger partial charge in [-0.15, -0.1) is 24.8 Å². The summed E-state index contributed by atoms with van der Waals surface area (Å²) in [7, 11) is 0. The van der Waals surface area contributed by atoms with Gasteiger partial charge in [-0.1, -0.05) is 18.2 Å². The van der Waals surface area contributed by atoms with Crippen LogP contribution < -0.4 is 5.73 Å². The van der Waals surface area contributed by atoms with Gasteiger partial charge in [0.2, 0.25) is 0 Å². The van der Waals surface area contributed by atoms with Crippen LogP contribution in [0.4, 0.5) is 14.5 Å². The number of nitrogen functional groups attached to an aromatic ring is 1. The number of anilines is 1. The van der Waals surface area contributed by atoms with Crippen LogP contribution in [0.2, 0.25) is 0 Å². The standard InChI is InChI=1S/C13H18F2N2.2ClH/c14-13(15)6-9-17(10-7-13)8-5-11-3-1-2-4-12(11)16;;/h1-4H,5-10,16H2;2*1H. The van der Waals surface area contributed by atoms with E-state index in [0.717, 1.165) is 24.2 Å². The summed E-state index contributed by atoms with van der Waals surface area (Å²) in [5.41, 5.74) is 7.73. The van der Waals surface area contributed by atoms with E-state index in [-0.39, 0.29) is 37.7 Å². The lowest BCUT2D eigenvalue weighted by atomic mass is 10.1. The average molecular weight is 313 g/mol. The Labute approximate surface area is 125 Å². The molecule has 1 heterocycles. The Morgan fingerprint density at radius 3 is 2.26 bits per heavy atom. The van der Waals surface area contributed by atoms with Crippen LogP contribution in [0.1, 0.15) is 18.4 Å². The molecule has 0 spiro atoms. The molecule has 0 amide bonds. The number of alkyl halides is 2. The van der Waals surface area contributed by atoms with Gasteiger partial charge in [-0.25, -0.2) is 8.78 Å². The Balaban J connectivity index is 0.00000162. The van der Waals surface area contributed by atoms with E-state index in [1.54, 1.807) is 0 Å². The van der Waals surface area contributed by atoms with Gasteiger partial charge < -0.3 is 10.6 Å². The number of benzene rings is 1. The molecule has 0 unspecified atom stereocenters. The normalized spacial score (nSPS) is 18.2. The molecule has 1 aliphatic heterocycles. The van der Waals surface area contributed by atoms with Gasteiger partial charge in [0.05, 0.1) is 0 Å². The molecule has 0 aromatic heterocycles. The maximum Gasteiger partial charge on any atom is 0.250 e. The van der Waals surface area contributed by atoms with E-state index in [2.05, 4.69) is 4.90 Å². The number of hydrogen-bond donors (Lipinski definition) is 1. The van der Waals surface area contributed by atoms with Crippen LogP contribution in [0.25, 0.3) is 0 Å². The second kappa shape index (κ2) is 7.88. The van der Waals surface area contributed by atoms with Gasteiger partial charge in [-0.3, -0.25) is 0 Å². The third-order valence-corrected chi connectivity index (χ3v) is 3.34. The largest absolute Gasteiger partial charge is 0.399 e. The van der Waals surface area contributed by atoms with Crippen molar-refractivity contribution in [3.05, 3.63) is 29.8 Å². The summed E-state index contributed by atoms with van der Waals surface area (Å²) in [6, 6.07) is 7.73. The number of nitrogens with zero attached hydrogens (tertiary/aromatic N) is 1. The summed E-state index contributed by atoms with van der Waals surface area (Å²) >= 11 is 0. The minimum atomic E-state index is -2.46. The molecule has 1 aromatic rings. The predicted octanol–water partition coefficient (Wildman–Crippen LogP) is 3.39. The molecule has 6 heteroatoms. The van der Waals surface area contributed by atoms with E-state index in [0.29, 0.717) is 13.1 Å². The van der Waals surface area contributed by atoms with Gasteiger partial charge in [-0.05, 0) is 18.1 Å². The zero-order valence-corrected chi connectivity index (χ0v) is 12.3. The summed E-state index contributed by atoms with van der Waals surface area (Å²) in [5.74, 6) is -2.46. The molecule has 1 saturated heterocycles. The SMILES string of the molecule is Cl.Cl.Nc1ccccc1CCN1CCC(F)(F)CC1. The molecule has 1 aromatic carbocycles. The molecular formula is C13H20Cl2F2N2. The molecule has 0 atom stereocenters. The quantitative estimate of drug-likeness (QED) is 0.867. The second-order valence-corrected chi connectivity index (χ2v) is 4.65. The summed E-state index contributed by atoms with van der Waals surface area (Å²) in [5, 5.41) is 0. The van der Waals surface area contributed by atoms with E-state index in [1.807, 2.05) is 24.3 Å². The third kappa shape index (κ3) is 5.51. The van der Waals surface area contributed by atoms with Gasteiger partial charge in [0.25, 0.3) is 5.92 Å². The van der Waals surface area contributed by atoms with Crippen molar-refractivity contribution < 1.29 is 8.78 Å². The van der Waals surface area contributed by atoms with Crippen LogP contribution in [0.5, 0.6) is 0 Å². The summed E-state index contributed by atoms with van der Waals surface area (Å²) in [4.78, 5) is 2.09. The first-order valence-electron chi connectivity index (χ1n) is 6.00. The smallest absolute Gasteiger partial charge is 0.250 e.